The summed E-state index contributed by atoms with van der Waals surface area (Å²) in [5.41, 5.74) is 0.334. The third-order valence-electron chi connectivity index (χ3n) is 5.13. The summed E-state index contributed by atoms with van der Waals surface area (Å²) in [5, 5.41) is 6.83. The largest absolute Gasteiger partial charge is 0.468 e. The number of nitrogens with one attached hydrogen (secondary N) is 2. The molecule has 0 spiro atoms. The number of rotatable bonds is 10. The number of methoxy groups -OCH3 is 1. The van der Waals surface area contributed by atoms with Crippen LogP contribution in [0.3, 0.4) is 0 Å². The Labute approximate surface area is 152 Å². The second-order valence-electron chi connectivity index (χ2n) is 7.17. The molecule has 1 fully saturated rings. The van der Waals surface area contributed by atoms with Crippen LogP contribution >= 0.6 is 0 Å². The van der Waals surface area contributed by atoms with E-state index in [1.165, 1.54) is 19.3 Å². The Hall–Kier alpha value is -1.53. The van der Waals surface area contributed by atoms with Crippen molar-refractivity contribution in [2.45, 2.75) is 38.6 Å². The molecule has 1 aromatic heterocycles. The highest BCUT2D eigenvalue weighted by Crippen LogP contribution is 2.44. The van der Waals surface area contributed by atoms with E-state index in [-0.39, 0.29) is 6.04 Å². The monoisotopic (exact) mass is 350 g/mol. The topological polar surface area (TPSA) is 62.0 Å². The summed E-state index contributed by atoms with van der Waals surface area (Å²) < 4.78 is 10.9. The minimum atomic E-state index is 0.171. The van der Waals surface area contributed by atoms with Gasteiger partial charge in [0.2, 0.25) is 0 Å². The summed E-state index contributed by atoms with van der Waals surface area (Å²) in [6, 6.07) is 4.12. The number of nitrogens with zero attached hydrogens (tertiary/aromatic N) is 2. The van der Waals surface area contributed by atoms with E-state index in [2.05, 4.69) is 36.6 Å². The number of likely N-dealkylation sites (N-methyl/N-ethyl adjacent to an activating group) is 1. The van der Waals surface area contributed by atoms with Crippen LogP contribution in [-0.2, 0) is 4.74 Å². The fraction of sp³-hybridized carbons (Fsp3) is 0.737. The van der Waals surface area contributed by atoms with Gasteiger partial charge in [-0.1, -0.05) is 6.42 Å². The molecule has 6 nitrogen and oxygen atoms in total. The number of ether oxygens (including phenoxy) is 1. The first-order valence-electron chi connectivity index (χ1n) is 9.31. The lowest BCUT2D eigenvalue weighted by molar-refractivity contribution is 0.0778. The van der Waals surface area contributed by atoms with Crippen LogP contribution in [0.1, 0.15) is 44.4 Å². The van der Waals surface area contributed by atoms with Gasteiger partial charge < -0.3 is 19.8 Å². The van der Waals surface area contributed by atoms with E-state index in [1.54, 1.807) is 13.4 Å². The molecule has 142 valence electrons. The van der Waals surface area contributed by atoms with Gasteiger partial charge in [-0.05, 0) is 57.8 Å². The summed E-state index contributed by atoms with van der Waals surface area (Å²) in [6.45, 7) is 5.37. The van der Waals surface area contributed by atoms with Crippen LogP contribution in [0, 0.1) is 5.41 Å². The number of guanidine groups is 1. The van der Waals surface area contributed by atoms with Crippen molar-refractivity contribution in [2.75, 3.05) is 47.4 Å². The summed E-state index contributed by atoms with van der Waals surface area (Å²) in [4.78, 5) is 7.02. The fourth-order valence-electron chi connectivity index (χ4n) is 3.28. The molecule has 0 saturated heterocycles. The van der Waals surface area contributed by atoms with Crippen molar-refractivity contribution < 1.29 is 9.15 Å². The molecule has 1 heterocycles. The Morgan fingerprint density at radius 1 is 1.40 bits per heavy atom. The Kier molecular flexibility index (Phi) is 7.78. The van der Waals surface area contributed by atoms with Crippen molar-refractivity contribution in [1.29, 1.82) is 0 Å². The van der Waals surface area contributed by atoms with Crippen LogP contribution in [0.2, 0.25) is 0 Å². The highest BCUT2D eigenvalue weighted by Gasteiger charge is 2.36. The van der Waals surface area contributed by atoms with Crippen LogP contribution in [0.5, 0.6) is 0 Å². The molecule has 1 unspecified atom stereocenters. The molecule has 2 N–H and O–H groups in total. The molecule has 0 bridgehead atoms. The highest BCUT2D eigenvalue weighted by atomic mass is 16.5. The zero-order chi connectivity index (χ0) is 18.1. The first kappa shape index (κ1) is 19.8. The van der Waals surface area contributed by atoms with Gasteiger partial charge in [-0.15, -0.1) is 0 Å². The molecule has 1 aromatic rings. The molecule has 2 rings (SSSR count). The molecule has 0 radical (unpaired) electrons. The molecule has 25 heavy (non-hydrogen) atoms. The molecule has 0 amide bonds. The van der Waals surface area contributed by atoms with Gasteiger partial charge in [0.15, 0.2) is 5.96 Å². The zero-order valence-electron chi connectivity index (χ0n) is 16.2. The molecule has 0 aromatic carbocycles. The van der Waals surface area contributed by atoms with E-state index in [9.17, 15) is 0 Å². The lowest BCUT2D eigenvalue weighted by Gasteiger charge is -2.40. The first-order chi connectivity index (χ1) is 12.1. The molecule has 1 aliphatic rings. The normalized spacial score (nSPS) is 18.0. The maximum absolute atomic E-state index is 5.58. The SMILES string of the molecule is CCNC(=NCC1(CCOC)CCC1)NCC(c1ccco1)N(C)C. The van der Waals surface area contributed by atoms with Gasteiger partial charge in [0, 0.05) is 33.4 Å². The lowest BCUT2D eigenvalue weighted by atomic mass is 9.67. The van der Waals surface area contributed by atoms with Crippen molar-refractivity contribution in [3.63, 3.8) is 0 Å². The predicted octanol–water partition coefficient (Wildman–Crippen LogP) is 2.64. The van der Waals surface area contributed by atoms with Crippen molar-refractivity contribution >= 4 is 5.96 Å². The number of furan rings is 1. The molecule has 1 saturated carbocycles. The number of aliphatic imine (C=N–C) groups is 1. The Balaban J connectivity index is 1.94. The van der Waals surface area contributed by atoms with Gasteiger partial charge in [0.25, 0.3) is 0 Å². The maximum atomic E-state index is 5.58. The molecule has 1 aliphatic carbocycles. The summed E-state index contributed by atoms with van der Waals surface area (Å²) in [7, 11) is 5.90. The van der Waals surface area contributed by atoms with Crippen LogP contribution in [-0.4, -0.2) is 58.3 Å². The first-order valence-corrected chi connectivity index (χ1v) is 9.31. The van der Waals surface area contributed by atoms with E-state index >= 15 is 0 Å². The van der Waals surface area contributed by atoms with Crippen molar-refractivity contribution in [3.05, 3.63) is 24.2 Å². The third kappa shape index (κ3) is 5.75. The van der Waals surface area contributed by atoms with E-state index in [0.29, 0.717) is 5.41 Å². The second-order valence-corrected chi connectivity index (χ2v) is 7.17. The minimum absolute atomic E-state index is 0.171. The van der Waals surface area contributed by atoms with Gasteiger partial charge >= 0.3 is 0 Å². The molecule has 1 atom stereocenters. The van der Waals surface area contributed by atoms with Gasteiger partial charge in [-0.3, -0.25) is 9.89 Å². The Morgan fingerprint density at radius 3 is 2.72 bits per heavy atom. The van der Waals surface area contributed by atoms with E-state index in [4.69, 9.17) is 14.1 Å². The van der Waals surface area contributed by atoms with Crippen molar-refractivity contribution in [2.24, 2.45) is 10.4 Å². The Bertz CT molecular complexity index is 510. The summed E-state index contributed by atoms with van der Waals surface area (Å²) >= 11 is 0. The maximum Gasteiger partial charge on any atom is 0.191 e. The van der Waals surface area contributed by atoms with Gasteiger partial charge in [0.1, 0.15) is 5.76 Å². The molecule has 6 heteroatoms. The van der Waals surface area contributed by atoms with Gasteiger partial charge in [-0.25, -0.2) is 0 Å². The summed E-state index contributed by atoms with van der Waals surface area (Å²) in [6.07, 6.45) is 6.64. The fourth-order valence-corrected chi connectivity index (χ4v) is 3.28. The van der Waals surface area contributed by atoms with Crippen molar-refractivity contribution in [1.82, 2.24) is 15.5 Å². The van der Waals surface area contributed by atoms with E-state index in [0.717, 1.165) is 44.4 Å². The third-order valence-corrected chi connectivity index (χ3v) is 5.13. The molecule has 0 aliphatic heterocycles. The van der Waals surface area contributed by atoms with Crippen molar-refractivity contribution in [3.8, 4) is 0 Å². The van der Waals surface area contributed by atoms with Crippen LogP contribution in [0.4, 0.5) is 0 Å². The van der Waals surface area contributed by atoms with Gasteiger partial charge in [-0.2, -0.15) is 0 Å². The van der Waals surface area contributed by atoms with Crippen LogP contribution in [0.25, 0.3) is 0 Å². The van der Waals surface area contributed by atoms with Gasteiger partial charge in [0.05, 0.1) is 12.3 Å². The summed E-state index contributed by atoms with van der Waals surface area (Å²) in [5.74, 6) is 1.84. The Morgan fingerprint density at radius 2 is 2.20 bits per heavy atom. The van der Waals surface area contributed by atoms with Crippen LogP contribution in [0.15, 0.2) is 27.8 Å². The predicted molar refractivity (Wildman–Crippen MR) is 102 cm³/mol. The quantitative estimate of drug-likeness (QED) is 0.502. The average Bonchev–Trinajstić information content (AvgIpc) is 3.07. The van der Waals surface area contributed by atoms with Crippen LogP contribution < -0.4 is 10.6 Å². The zero-order valence-corrected chi connectivity index (χ0v) is 16.2. The standard InChI is InChI=1S/C19H34N4O2/c1-5-20-18(22-15-19(9-7-10-19)11-13-24-4)21-14-16(23(2)3)17-8-6-12-25-17/h6,8,12,16H,5,7,9-11,13-15H2,1-4H3,(H2,20,21,22). The minimum Gasteiger partial charge on any atom is -0.468 e. The average molecular weight is 351 g/mol. The molecular weight excluding hydrogens is 316 g/mol. The number of hydrogen-bond donors (Lipinski definition) is 2. The van der Waals surface area contributed by atoms with E-state index in [1.807, 2.05) is 12.1 Å². The molecular formula is C19H34N4O2. The lowest BCUT2D eigenvalue weighted by Crippen LogP contribution is -2.43. The number of hydrogen-bond acceptors (Lipinski definition) is 4. The highest BCUT2D eigenvalue weighted by molar-refractivity contribution is 5.79. The van der Waals surface area contributed by atoms with E-state index < -0.39 is 0 Å². The second kappa shape index (κ2) is 9.82. The smallest absolute Gasteiger partial charge is 0.191 e.